The van der Waals surface area contributed by atoms with Crippen molar-refractivity contribution in [3.8, 4) is 11.3 Å². The zero-order valence-corrected chi connectivity index (χ0v) is 20.3. The van der Waals surface area contributed by atoms with E-state index < -0.39 is 27.6 Å². The molecule has 6 nitrogen and oxygen atoms in total. The average Bonchev–Trinajstić information content (AvgIpc) is 3.61. The number of furan rings is 1. The molecule has 1 N–H and O–H groups in total. The summed E-state index contributed by atoms with van der Waals surface area (Å²) >= 11 is 0. The number of hydrogen-bond donors (Lipinski definition) is 1. The van der Waals surface area contributed by atoms with E-state index >= 15 is 0 Å². The first-order chi connectivity index (χ1) is 17.1. The van der Waals surface area contributed by atoms with Gasteiger partial charge in [0.25, 0.3) is 5.91 Å². The first-order valence-electron chi connectivity index (χ1n) is 11.2. The second-order valence-electron chi connectivity index (χ2n) is 8.81. The van der Waals surface area contributed by atoms with Crippen LogP contribution in [0.4, 0.5) is 20.2 Å². The molecular weight excluding hydrogens is 485 g/mol. The topological polar surface area (TPSA) is 79.6 Å². The number of fused-ring (bicyclic) bond motifs is 1. The van der Waals surface area contributed by atoms with Crippen molar-refractivity contribution in [2.75, 3.05) is 17.6 Å². The van der Waals surface area contributed by atoms with Crippen LogP contribution in [0.15, 0.2) is 59.0 Å². The summed E-state index contributed by atoms with van der Waals surface area (Å²) in [5.74, 6) is -1.28. The Hall–Kier alpha value is -3.66. The molecule has 1 fully saturated rings. The highest BCUT2D eigenvalue weighted by atomic mass is 32.2. The van der Waals surface area contributed by atoms with Gasteiger partial charge >= 0.3 is 0 Å². The molecule has 10 heteroatoms. The fourth-order valence-corrected chi connectivity index (χ4v) is 5.36. The predicted molar refractivity (Wildman–Crippen MR) is 136 cm³/mol. The fraction of sp³-hybridized carbons (Fsp3) is 0.192. The summed E-state index contributed by atoms with van der Waals surface area (Å²) in [6.45, 7) is 0. The van der Waals surface area contributed by atoms with Crippen LogP contribution >= 0.6 is 0 Å². The van der Waals surface area contributed by atoms with E-state index in [9.17, 15) is 22.0 Å². The van der Waals surface area contributed by atoms with E-state index in [1.54, 1.807) is 12.1 Å². The van der Waals surface area contributed by atoms with Crippen molar-refractivity contribution in [3.05, 3.63) is 77.4 Å². The summed E-state index contributed by atoms with van der Waals surface area (Å²) in [6.07, 6.45) is 2.71. The van der Waals surface area contributed by atoms with Crippen LogP contribution in [0.2, 0.25) is 0 Å². The molecule has 1 saturated carbocycles. The molecular formula is C26H21BF2N2O4S. The first kappa shape index (κ1) is 24.1. The zero-order chi connectivity index (χ0) is 25.8. The van der Waals surface area contributed by atoms with Crippen LogP contribution in [0.3, 0.4) is 0 Å². The van der Waals surface area contributed by atoms with Gasteiger partial charge in [-0.2, -0.15) is 0 Å². The number of carbonyl (C=O) groups is 1. The van der Waals surface area contributed by atoms with Crippen molar-refractivity contribution < 1.29 is 26.4 Å². The molecule has 182 valence electrons. The molecule has 0 atom stereocenters. The first-order valence-corrected chi connectivity index (χ1v) is 13.1. The Kier molecular flexibility index (Phi) is 5.87. The molecule has 3 aromatic carbocycles. The molecule has 1 aromatic heterocycles. The van der Waals surface area contributed by atoms with Gasteiger partial charge in [-0.1, -0.05) is 11.5 Å². The Morgan fingerprint density at radius 1 is 1.08 bits per heavy atom. The molecule has 36 heavy (non-hydrogen) atoms. The summed E-state index contributed by atoms with van der Waals surface area (Å²) in [6, 6.07) is 12.6. The van der Waals surface area contributed by atoms with Crippen LogP contribution in [-0.2, 0) is 10.0 Å². The number of anilines is 2. The van der Waals surface area contributed by atoms with E-state index in [-0.39, 0.29) is 34.0 Å². The minimum Gasteiger partial charge on any atom is -0.455 e. The number of benzene rings is 3. The summed E-state index contributed by atoms with van der Waals surface area (Å²) in [4.78, 5) is 12.9. The number of nitrogens with one attached hydrogen (secondary N) is 1. The van der Waals surface area contributed by atoms with Gasteiger partial charge in [0.2, 0.25) is 10.0 Å². The minimum atomic E-state index is -3.92. The SMILES string of the molecule is [B]c1ccc(N(c2cc3oc(-c4ccc(F)cc4)c(C(=O)NC)c3cc2C2CC2)S(C)(=O)=O)cc1F. The molecule has 4 aromatic rings. The maximum Gasteiger partial charge on any atom is 0.255 e. The Bertz CT molecular complexity index is 1610. The molecule has 1 amide bonds. The van der Waals surface area contributed by atoms with Crippen LogP contribution < -0.4 is 15.1 Å². The van der Waals surface area contributed by atoms with Crippen molar-refractivity contribution in [2.45, 2.75) is 18.8 Å². The van der Waals surface area contributed by atoms with Crippen LogP contribution in [0, 0.1) is 11.6 Å². The van der Waals surface area contributed by atoms with Crippen molar-refractivity contribution in [3.63, 3.8) is 0 Å². The van der Waals surface area contributed by atoms with Gasteiger partial charge in [0.1, 0.15) is 30.8 Å². The molecule has 0 saturated heterocycles. The normalized spacial score (nSPS) is 13.7. The lowest BCUT2D eigenvalue weighted by molar-refractivity contribution is 0.0964. The lowest BCUT2D eigenvalue weighted by atomic mass is 9.95. The van der Waals surface area contributed by atoms with Crippen LogP contribution in [-0.4, -0.2) is 35.5 Å². The average molecular weight is 506 g/mol. The maximum atomic E-state index is 14.3. The number of halogens is 2. The van der Waals surface area contributed by atoms with E-state index in [0.29, 0.717) is 22.2 Å². The van der Waals surface area contributed by atoms with Gasteiger partial charge in [-0.3, -0.25) is 4.79 Å². The van der Waals surface area contributed by atoms with Gasteiger partial charge in [-0.05, 0) is 66.8 Å². The van der Waals surface area contributed by atoms with E-state index in [1.165, 1.54) is 43.4 Å². The van der Waals surface area contributed by atoms with E-state index in [0.717, 1.165) is 29.5 Å². The summed E-state index contributed by atoms with van der Waals surface area (Å²) in [7, 11) is 3.18. The predicted octanol–water partition coefficient (Wildman–Crippen LogP) is 4.51. The van der Waals surface area contributed by atoms with Gasteiger partial charge in [0, 0.05) is 24.1 Å². The Morgan fingerprint density at radius 2 is 1.78 bits per heavy atom. The van der Waals surface area contributed by atoms with E-state index in [4.69, 9.17) is 12.3 Å². The Morgan fingerprint density at radius 3 is 2.36 bits per heavy atom. The van der Waals surface area contributed by atoms with Gasteiger partial charge in [-0.25, -0.2) is 21.5 Å². The third-order valence-electron chi connectivity index (χ3n) is 6.18. The number of sulfonamides is 1. The smallest absolute Gasteiger partial charge is 0.255 e. The van der Waals surface area contributed by atoms with Crippen molar-refractivity contribution in [1.82, 2.24) is 5.32 Å². The van der Waals surface area contributed by atoms with Gasteiger partial charge < -0.3 is 9.73 Å². The van der Waals surface area contributed by atoms with Gasteiger partial charge in [0.05, 0.1) is 23.2 Å². The zero-order valence-electron chi connectivity index (χ0n) is 19.5. The number of rotatable bonds is 6. The molecule has 1 aliphatic carbocycles. The number of nitrogens with zero attached hydrogens (tertiary/aromatic N) is 1. The summed E-state index contributed by atoms with van der Waals surface area (Å²) < 4.78 is 61.0. The third kappa shape index (κ3) is 4.26. The Labute approximate surface area is 208 Å². The quantitative estimate of drug-likeness (QED) is 0.391. The minimum absolute atomic E-state index is 0.0639. The third-order valence-corrected chi connectivity index (χ3v) is 7.25. The molecule has 1 aliphatic rings. The van der Waals surface area contributed by atoms with E-state index in [1.807, 2.05) is 0 Å². The van der Waals surface area contributed by atoms with Crippen LogP contribution in [0.25, 0.3) is 22.3 Å². The lowest BCUT2D eigenvalue weighted by Gasteiger charge is -2.25. The number of amides is 1. The second kappa shape index (κ2) is 8.78. The molecule has 2 radical (unpaired) electrons. The maximum absolute atomic E-state index is 14.3. The highest BCUT2D eigenvalue weighted by Gasteiger charge is 2.34. The number of carbonyl (C=O) groups excluding carboxylic acids is 1. The van der Waals surface area contributed by atoms with Crippen molar-refractivity contribution in [1.29, 1.82) is 0 Å². The van der Waals surface area contributed by atoms with Crippen LogP contribution in [0.1, 0.15) is 34.7 Å². The molecule has 5 rings (SSSR count). The summed E-state index contributed by atoms with van der Waals surface area (Å²) in [5, 5.41) is 3.11. The largest absolute Gasteiger partial charge is 0.455 e. The number of hydrogen-bond acceptors (Lipinski definition) is 4. The molecule has 0 unspecified atom stereocenters. The molecule has 0 aliphatic heterocycles. The second-order valence-corrected chi connectivity index (χ2v) is 10.6. The van der Waals surface area contributed by atoms with Gasteiger partial charge in [0.15, 0.2) is 0 Å². The highest BCUT2D eigenvalue weighted by Crippen LogP contribution is 2.49. The molecule has 0 bridgehead atoms. The lowest BCUT2D eigenvalue weighted by Crippen LogP contribution is -2.26. The monoisotopic (exact) mass is 506 g/mol. The summed E-state index contributed by atoms with van der Waals surface area (Å²) in [5.41, 5.74) is 1.99. The Balaban J connectivity index is 1.80. The molecule has 0 spiro atoms. The van der Waals surface area contributed by atoms with Crippen molar-refractivity contribution in [2.24, 2.45) is 0 Å². The van der Waals surface area contributed by atoms with Gasteiger partial charge in [-0.15, -0.1) is 0 Å². The van der Waals surface area contributed by atoms with Crippen LogP contribution in [0.5, 0.6) is 0 Å². The fourth-order valence-electron chi connectivity index (χ4n) is 4.35. The highest BCUT2D eigenvalue weighted by molar-refractivity contribution is 7.92. The molecule has 1 heterocycles. The van der Waals surface area contributed by atoms with Crippen molar-refractivity contribution >= 4 is 51.6 Å². The standard InChI is InChI=1S/C26H21BF2N2O4S/c1-30-26(32)24-19-12-18(14-3-4-14)22(13-23(19)35-25(24)15-5-7-16(28)8-6-15)31(36(2,33)34)17-9-10-20(27)21(29)11-17/h5-14H,3-4H2,1-2H3,(H,30,32). The van der Waals surface area contributed by atoms with E-state index in [2.05, 4.69) is 5.32 Å².